The van der Waals surface area contributed by atoms with Crippen molar-refractivity contribution in [1.29, 1.82) is 0 Å². The highest BCUT2D eigenvalue weighted by Gasteiger charge is 2.17. The Hall–Kier alpha value is -2.61. The predicted octanol–water partition coefficient (Wildman–Crippen LogP) is 2.12. The molecule has 0 aliphatic carbocycles. The number of carbonyl (C=O) groups is 1. The van der Waals surface area contributed by atoms with Crippen LogP contribution in [0.25, 0.3) is 0 Å². The Labute approximate surface area is 133 Å². The summed E-state index contributed by atoms with van der Waals surface area (Å²) < 4.78 is 45.6. The van der Waals surface area contributed by atoms with Crippen molar-refractivity contribution in [1.82, 2.24) is 0 Å². The van der Waals surface area contributed by atoms with Crippen molar-refractivity contribution >= 4 is 21.6 Å². The molecule has 0 saturated carbocycles. The van der Waals surface area contributed by atoms with E-state index in [1.165, 1.54) is 36.4 Å². The molecule has 8 heteroatoms. The van der Waals surface area contributed by atoms with Crippen LogP contribution in [0, 0.1) is 5.82 Å². The molecule has 0 atom stereocenters. The molecule has 6 nitrogen and oxygen atoms in total. The Morgan fingerprint density at radius 2 is 1.87 bits per heavy atom. The van der Waals surface area contributed by atoms with Gasteiger partial charge >= 0.3 is 0 Å². The summed E-state index contributed by atoms with van der Waals surface area (Å²) in [5.41, 5.74) is 5.58. The van der Waals surface area contributed by atoms with E-state index in [1.807, 2.05) is 0 Å². The highest BCUT2D eigenvalue weighted by atomic mass is 32.2. The van der Waals surface area contributed by atoms with Crippen LogP contribution >= 0.6 is 0 Å². The van der Waals surface area contributed by atoms with Crippen molar-refractivity contribution in [2.45, 2.75) is 11.8 Å². The number of nitrogens with one attached hydrogen (secondary N) is 1. The van der Waals surface area contributed by atoms with Gasteiger partial charge in [0.1, 0.15) is 0 Å². The second-order valence-corrected chi connectivity index (χ2v) is 6.25. The first kappa shape index (κ1) is 16.8. The van der Waals surface area contributed by atoms with Crippen molar-refractivity contribution in [3.05, 3.63) is 53.8 Å². The molecule has 2 aromatic carbocycles. The van der Waals surface area contributed by atoms with Gasteiger partial charge in [-0.05, 0) is 49.4 Å². The van der Waals surface area contributed by atoms with E-state index in [0.717, 1.165) is 6.07 Å². The zero-order chi connectivity index (χ0) is 17.0. The highest BCUT2D eigenvalue weighted by molar-refractivity contribution is 7.92. The summed E-state index contributed by atoms with van der Waals surface area (Å²) >= 11 is 0. The van der Waals surface area contributed by atoms with Crippen LogP contribution in [0.4, 0.5) is 10.1 Å². The number of halogens is 1. The molecule has 0 aliphatic heterocycles. The number of rotatable bonds is 6. The Morgan fingerprint density at radius 3 is 2.39 bits per heavy atom. The van der Waals surface area contributed by atoms with E-state index in [-0.39, 0.29) is 28.5 Å². The Balaban J connectivity index is 2.24. The lowest BCUT2D eigenvalue weighted by Crippen LogP contribution is -2.14. The van der Waals surface area contributed by atoms with Crippen LogP contribution in [0.2, 0.25) is 0 Å². The first-order valence-corrected chi connectivity index (χ1v) is 8.17. The fourth-order valence-electron chi connectivity index (χ4n) is 1.84. The fraction of sp³-hybridized carbons (Fsp3) is 0.133. The number of carbonyl (C=O) groups excluding carboxylic acids is 1. The lowest BCUT2D eigenvalue weighted by atomic mass is 10.2. The molecule has 122 valence electrons. The van der Waals surface area contributed by atoms with Crippen LogP contribution in [0.5, 0.6) is 5.75 Å². The third-order valence-corrected chi connectivity index (χ3v) is 4.31. The number of amides is 1. The zero-order valence-electron chi connectivity index (χ0n) is 12.2. The van der Waals surface area contributed by atoms with Crippen molar-refractivity contribution in [3.63, 3.8) is 0 Å². The molecule has 0 bridgehead atoms. The van der Waals surface area contributed by atoms with E-state index < -0.39 is 21.7 Å². The van der Waals surface area contributed by atoms with Crippen LogP contribution in [0.3, 0.4) is 0 Å². The summed E-state index contributed by atoms with van der Waals surface area (Å²) in [6, 6.07) is 8.94. The number of hydrogen-bond donors (Lipinski definition) is 2. The molecule has 0 fully saturated rings. The predicted molar refractivity (Wildman–Crippen MR) is 83.3 cm³/mol. The molecule has 0 spiro atoms. The van der Waals surface area contributed by atoms with Crippen LogP contribution in [-0.4, -0.2) is 20.9 Å². The van der Waals surface area contributed by atoms with Gasteiger partial charge in [0.2, 0.25) is 5.91 Å². The normalized spacial score (nSPS) is 11.0. The third kappa shape index (κ3) is 3.98. The standard InChI is InChI=1S/C15H15FN2O4S/c1-2-22-14-8-7-12(9-13(14)16)23(20,21)18-11-5-3-10(4-6-11)15(17)19/h3-9,18H,2H2,1H3,(H2,17,19). The Morgan fingerprint density at radius 1 is 1.22 bits per heavy atom. The number of sulfonamides is 1. The van der Waals surface area contributed by atoms with Gasteiger partial charge in [0, 0.05) is 11.3 Å². The quantitative estimate of drug-likeness (QED) is 0.843. The monoisotopic (exact) mass is 338 g/mol. The molecule has 0 aromatic heterocycles. The second kappa shape index (κ2) is 6.66. The SMILES string of the molecule is CCOc1ccc(S(=O)(=O)Nc2ccc(C(N)=O)cc2)cc1F. The molecular formula is C15H15FN2O4S. The lowest BCUT2D eigenvalue weighted by Gasteiger charge is -2.10. The molecule has 0 saturated heterocycles. The summed E-state index contributed by atoms with van der Waals surface area (Å²) in [5, 5.41) is 0. The molecule has 2 aromatic rings. The third-order valence-electron chi connectivity index (χ3n) is 2.94. The van der Waals surface area contributed by atoms with E-state index in [4.69, 9.17) is 10.5 Å². The number of hydrogen-bond acceptors (Lipinski definition) is 4. The maximum absolute atomic E-state index is 13.8. The van der Waals surface area contributed by atoms with Gasteiger partial charge in [-0.3, -0.25) is 9.52 Å². The van der Waals surface area contributed by atoms with Crippen molar-refractivity contribution in [3.8, 4) is 5.75 Å². The summed E-state index contributed by atoms with van der Waals surface area (Å²) in [6.07, 6.45) is 0. The maximum atomic E-state index is 13.8. The van der Waals surface area contributed by atoms with Gasteiger partial charge < -0.3 is 10.5 Å². The van der Waals surface area contributed by atoms with Gasteiger partial charge in [-0.25, -0.2) is 12.8 Å². The van der Waals surface area contributed by atoms with Gasteiger partial charge in [-0.15, -0.1) is 0 Å². The average Bonchev–Trinajstić information content (AvgIpc) is 2.49. The molecule has 0 radical (unpaired) electrons. The van der Waals surface area contributed by atoms with Crippen LogP contribution in [-0.2, 0) is 10.0 Å². The molecule has 0 heterocycles. The van der Waals surface area contributed by atoms with Gasteiger partial charge in [0.25, 0.3) is 10.0 Å². The van der Waals surface area contributed by atoms with Crippen LogP contribution in [0.1, 0.15) is 17.3 Å². The molecule has 2 rings (SSSR count). The first-order valence-electron chi connectivity index (χ1n) is 6.68. The van der Waals surface area contributed by atoms with Crippen LogP contribution in [0.15, 0.2) is 47.4 Å². The fourth-order valence-corrected chi connectivity index (χ4v) is 2.91. The van der Waals surface area contributed by atoms with E-state index in [1.54, 1.807) is 6.92 Å². The van der Waals surface area contributed by atoms with Gasteiger partial charge in [0.15, 0.2) is 11.6 Å². The minimum atomic E-state index is -3.96. The molecule has 3 N–H and O–H groups in total. The number of benzene rings is 2. The Kier molecular flexibility index (Phi) is 4.85. The topological polar surface area (TPSA) is 98.5 Å². The minimum absolute atomic E-state index is 0.0164. The van der Waals surface area contributed by atoms with Gasteiger partial charge in [-0.2, -0.15) is 0 Å². The number of primary amides is 1. The van der Waals surface area contributed by atoms with Crippen molar-refractivity contribution in [2.24, 2.45) is 5.73 Å². The van der Waals surface area contributed by atoms with Gasteiger partial charge in [-0.1, -0.05) is 0 Å². The highest BCUT2D eigenvalue weighted by Crippen LogP contribution is 2.23. The summed E-state index contributed by atoms with van der Waals surface area (Å²) in [7, 11) is -3.96. The molecule has 0 aliphatic rings. The van der Waals surface area contributed by atoms with E-state index in [9.17, 15) is 17.6 Å². The van der Waals surface area contributed by atoms with Gasteiger partial charge in [0.05, 0.1) is 11.5 Å². The number of nitrogens with two attached hydrogens (primary N) is 1. The molecule has 1 amide bonds. The van der Waals surface area contributed by atoms with Crippen molar-refractivity contribution < 1.29 is 22.3 Å². The van der Waals surface area contributed by atoms with E-state index in [0.29, 0.717) is 0 Å². The second-order valence-electron chi connectivity index (χ2n) is 4.57. The summed E-state index contributed by atoms with van der Waals surface area (Å²) in [4.78, 5) is 10.7. The number of anilines is 1. The largest absolute Gasteiger partial charge is 0.491 e. The summed E-state index contributed by atoms with van der Waals surface area (Å²) in [5.74, 6) is -1.40. The zero-order valence-corrected chi connectivity index (χ0v) is 13.1. The van der Waals surface area contributed by atoms with E-state index in [2.05, 4.69) is 4.72 Å². The minimum Gasteiger partial charge on any atom is -0.491 e. The lowest BCUT2D eigenvalue weighted by molar-refractivity contribution is 0.100. The Bertz CT molecular complexity index is 820. The van der Waals surface area contributed by atoms with Crippen LogP contribution < -0.4 is 15.2 Å². The molecule has 23 heavy (non-hydrogen) atoms. The first-order chi connectivity index (χ1) is 10.8. The summed E-state index contributed by atoms with van der Waals surface area (Å²) in [6.45, 7) is 1.97. The molecular weight excluding hydrogens is 323 g/mol. The van der Waals surface area contributed by atoms with E-state index >= 15 is 0 Å². The number of ether oxygens (including phenoxy) is 1. The molecule has 0 unspecified atom stereocenters. The average molecular weight is 338 g/mol. The smallest absolute Gasteiger partial charge is 0.262 e. The maximum Gasteiger partial charge on any atom is 0.262 e. The van der Waals surface area contributed by atoms with Crippen molar-refractivity contribution in [2.75, 3.05) is 11.3 Å².